The van der Waals surface area contributed by atoms with Crippen molar-refractivity contribution in [3.05, 3.63) is 94.0 Å². The van der Waals surface area contributed by atoms with E-state index in [2.05, 4.69) is 15.9 Å². The van der Waals surface area contributed by atoms with Gasteiger partial charge in [0.15, 0.2) is 5.78 Å². The van der Waals surface area contributed by atoms with Gasteiger partial charge in [-0.2, -0.15) is 0 Å². The molecule has 0 radical (unpaired) electrons. The number of halogens is 1. The number of ether oxygens (including phenoxy) is 3. The number of benzene rings is 3. The van der Waals surface area contributed by atoms with E-state index in [4.69, 9.17) is 14.2 Å². The third kappa shape index (κ3) is 4.96. The zero-order valence-electron chi connectivity index (χ0n) is 16.4. The van der Waals surface area contributed by atoms with Gasteiger partial charge in [0, 0.05) is 10.0 Å². The van der Waals surface area contributed by atoms with Crippen molar-refractivity contribution in [1.29, 1.82) is 0 Å². The largest absolute Gasteiger partial charge is 0.496 e. The first-order chi connectivity index (χ1) is 14.5. The Balaban J connectivity index is 1.89. The minimum Gasteiger partial charge on any atom is -0.496 e. The number of methoxy groups -OCH3 is 2. The van der Waals surface area contributed by atoms with Crippen LogP contribution in [0.5, 0.6) is 17.2 Å². The minimum absolute atomic E-state index is 0.156. The number of rotatable bonds is 7. The molecule has 0 aliphatic carbocycles. The van der Waals surface area contributed by atoms with Crippen molar-refractivity contribution >= 4 is 33.8 Å². The standard InChI is InChI=1S/C24H19BrO5/c1-28-21-9-5-3-7-16(21)11-13-20(26)19-15-17(25)12-14-23(19)30-24(27)18-8-4-6-10-22(18)29-2/h3-15H,1-2H3/b13-11+. The summed E-state index contributed by atoms with van der Waals surface area (Å²) < 4.78 is 16.7. The van der Waals surface area contributed by atoms with Gasteiger partial charge in [0.1, 0.15) is 22.8 Å². The highest BCUT2D eigenvalue weighted by atomic mass is 79.9. The summed E-state index contributed by atoms with van der Waals surface area (Å²) in [5.74, 6) is 0.272. The van der Waals surface area contributed by atoms with Crippen molar-refractivity contribution in [1.82, 2.24) is 0 Å². The number of allylic oxidation sites excluding steroid dienone is 1. The summed E-state index contributed by atoms with van der Waals surface area (Å²) in [6, 6.07) is 19.0. The fraction of sp³-hybridized carbons (Fsp3) is 0.0833. The van der Waals surface area contributed by atoms with Gasteiger partial charge in [0.2, 0.25) is 0 Å². The Morgan fingerprint density at radius 1 is 0.800 bits per heavy atom. The van der Waals surface area contributed by atoms with Gasteiger partial charge in [0.05, 0.1) is 19.8 Å². The summed E-state index contributed by atoms with van der Waals surface area (Å²) in [6.45, 7) is 0. The molecular formula is C24H19BrO5. The first-order valence-electron chi connectivity index (χ1n) is 9.03. The van der Waals surface area contributed by atoms with Crippen LogP contribution in [0.15, 0.2) is 77.3 Å². The maximum absolute atomic E-state index is 12.9. The SMILES string of the molecule is COc1ccccc1/C=C/C(=O)c1cc(Br)ccc1OC(=O)c1ccccc1OC. The van der Waals surface area contributed by atoms with Crippen LogP contribution in [0.1, 0.15) is 26.3 Å². The van der Waals surface area contributed by atoms with Crippen molar-refractivity contribution in [2.45, 2.75) is 0 Å². The van der Waals surface area contributed by atoms with Gasteiger partial charge in [-0.05, 0) is 48.6 Å². The third-order valence-electron chi connectivity index (χ3n) is 4.29. The van der Waals surface area contributed by atoms with E-state index < -0.39 is 5.97 Å². The van der Waals surface area contributed by atoms with Crippen LogP contribution >= 0.6 is 15.9 Å². The number of carbonyl (C=O) groups is 2. The third-order valence-corrected chi connectivity index (χ3v) is 4.78. The van der Waals surface area contributed by atoms with Crippen LogP contribution in [0.2, 0.25) is 0 Å². The molecule has 3 rings (SSSR count). The van der Waals surface area contributed by atoms with E-state index in [0.29, 0.717) is 16.0 Å². The van der Waals surface area contributed by atoms with Gasteiger partial charge in [-0.3, -0.25) is 4.79 Å². The molecule has 3 aromatic rings. The molecule has 30 heavy (non-hydrogen) atoms. The second-order valence-corrected chi connectivity index (χ2v) is 7.09. The Kier molecular flexibility index (Phi) is 7.03. The van der Waals surface area contributed by atoms with Crippen LogP contribution in [0.25, 0.3) is 6.08 Å². The van der Waals surface area contributed by atoms with Crippen LogP contribution in [0.4, 0.5) is 0 Å². The van der Waals surface area contributed by atoms with Crippen LogP contribution in [0, 0.1) is 0 Å². The fourth-order valence-electron chi connectivity index (χ4n) is 2.81. The lowest BCUT2D eigenvalue weighted by molar-refractivity contribution is 0.0729. The summed E-state index contributed by atoms with van der Waals surface area (Å²) in [5.41, 5.74) is 1.28. The van der Waals surface area contributed by atoms with Gasteiger partial charge in [-0.25, -0.2) is 4.79 Å². The predicted molar refractivity (Wildman–Crippen MR) is 118 cm³/mol. The quantitative estimate of drug-likeness (QED) is 0.197. The molecule has 6 heteroatoms. The van der Waals surface area contributed by atoms with Gasteiger partial charge in [0.25, 0.3) is 0 Å². The fourth-order valence-corrected chi connectivity index (χ4v) is 3.17. The highest BCUT2D eigenvalue weighted by molar-refractivity contribution is 9.10. The first-order valence-corrected chi connectivity index (χ1v) is 9.83. The molecule has 0 saturated heterocycles. The zero-order valence-corrected chi connectivity index (χ0v) is 18.0. The second kappa shape index (κ2) is 9.89. The first kappa shape index (κ1) is 21.3. The Morgan fingerprint density at radius 2 is 1.47 bits per heavy atom. The lowest BCUT2D eigenvalue weighted by Gasteiger charge is -2.11. The summed E-state index contributed by atoms with van der Waals surface area (Å²) in [7, 11) is 3.04. The van der Waals surface area contributed by atoms with Crippen molar-refractivity contribution in [3.8, 4) is 17.2 Å². The monoisotopic (exact) mass is 466 g/mol. The van der Waals surface area contributed by atoms with E-state index in [9.17, 15) is 9.59 Å². The van der Waals surface area contributed by atoms with Crippen molar-refractivity contribution in [3.63, 3.8) is 0 Å². The number of esters is 1. The van der Waals surface area contributed by atoms with Crippen LogP contribution in [-0.2, 0) is 0 Å². The maximum Gasteiger partial charge on any atom is 0.347 e. The molecule has 0 N–H and O–H groups in total. The molecule has 0 amide bonds. The molecule has 152 valence electrons. The topological polar surface area (TPSA) is 61.8 Å². The summed E-state index contributed by atoms with van der Waals surface area (Å²) in [6.07, 6.45) is 3.08. The Morgan fingerprint density at radius 3 is 2.20 bits per heavy atom. The second-order valence-electron chi connectivity index (χ2n) is 6.17. The molecule has 0 fully saturated rings. The molecule has 0 heterocycles. The smallest absolute Gasteiger partial charge is 0.347 e. The molecular weight excluding hydrogens is 448 g/mol. The van der Waals surface area contributed by atoms with Gasteiger partial charge >= 0.3 is 5.97 Å². The lowest BCUT2D eigenvalue weighted by Crippen LogP contribution is -2.12. The van der Waals surface area contributed by atoms with Crippen molar-refractivity contribution < 1.29 is 23.8 Å². The molecule has 0 saturated carbocycles. The Labute approximate surface area is 183 Å². The average Bonchev–Trinajstić information content (AvgIpc) is 2.78. The molecule has 0 aromatic heterocycles. The normalized spacial score (nSPS) is 10.6. The molecule has 3 aromatic carbocycles. The van der Waals surface area contributed by atoms with Gasteiger partial charge in [-0.1, -0.05) is 46.3 Å². The molecule has 0 atom stereocenters. The summed E-state index contributed by atoms with van der Waals surface area (Å²) in [5, 5.41) is 0. The van der Waals surface area contributed by atoms with E-state index in [1.807, 2.05) is 24.3 Å². The zero-order chi connectivity index (χ0) is 21.5. The van der Waals surface area contributed by atoms with E-state index in [1.54, 1.807) is 55.7 Å². The highest BCUT2D eigenvalue weighted by Gasteiger charge is 2.18. The average molecular weight is 467 g/mol. The van der Waals surface area contributed by atoms with E-state index in [0.717, 1.165) is 5.56 Å². The van der Waals surface area contributed by atoms with Crippen molar-refractivity contribution in [2.24, 2.45) is 0 Å². The van der Waals surface area contributed by atoms with Crippen LogP contribution in [-0.4, -0.2) is 26.0 Å². The van der Waals surface area contributed by atoms with Crippen molar-refractivity contribution in [2.75, 3.05) is 14.2 Å². The summed E-state index contributed by atoms with van der Waals surface area (Å²) in [4.78, 5) is 25.5. The van der Waals surface area contributed by atoms with E-state index >= 15 is 0 Å². The van der Waals surface area contributed by atoms with E-state index in [-0.39, 0.29) is 22.7 Å². The summed E-state index contributed by atoms with van der Waals surface area (Å²) >= 11 is 3.36. The molecule has 0 spiro atoms. The molecule has 5 nitrogen and oxygen atoms in total. The Bertz CT molecular complexity index is 1100. The number of para-hydroxylation sites is 2. The maximum atomic E-state index is 12.9. The lowest BCUT2D eigenvalue weighted by atomic mass is 10.1. The van der Waals surface area contributed by atoms with Crippen LogP contribution in [0.3, 0.4) is 0 Å². The molecule has 0 bridgehead atoms. The van der Waals surface area contributed by atoms with E-state index in [1.165, 1.54) is 13.2 Å². The number of carbonyl (C=O) groups excluding carboxylic acids is 2. The molecule has 0 aliphatic heterocycles. The highest BCUT2D eigenvalue weighted by Crippen LogP contribution is 2.27. The minimum atomic E-state index is -0.613. The van der Waals surface area contributed by atoms with Crippen LogP contribution < -0.4 is 14.2 Å². The predicted octanol–water partition coefficient (Wildman–Crippen LogP) is 5.58. The molecule has 0 aliphatic rings. The van der Waals surface area contributed by atoms with Gasteiger partial charge < -0.3 is 14.2 Å². The Hall–Kier alpha value is -3.38. The van der Waals surface area contributed by atoms with Gasteiger partial charge in [-0.15, -0.1) is 0 Å². The number of hydrogen-bond acceptors (Lipinski definition) is 5. The number of hydrogen-bond donors (Lipinski definition) is 0. The molecule has 0 unspecified atom stereocenters. The number of ketones is 1.